The maximum atomic E-state index is 7.14. The monoisotopic (exact) mass is 942 g/mol. The first-order valence-corrected chi connectivity index (χ1v) is 14.3. The molecule has 0 saturated heterocycles. The molecule has 2 aliphatic carbocycles. The average Bonchev–Trinajstić information content (AvgIpc) is 3.63. The molecule has 0 unspecified atom stereocenters. The fourth-order valence-electron chi connectivity index (χ4n) is 5.67. The standard InChI is InChI=1S/2C15H9.C11H10N2.2Au/c1-2-11-7-8-15-13(9-11)10-12-5-3-4-6-14(12)15;1-2-11-7-8-13-10-12-5-3-4-6-14(12)15(13)9-11;1-3-10(8-12-5-1)7-11-4-2-6-13-9-11;;/h2*3-9H,10H2;1-6,8-9H,7H2;;/q2*-1;;2*+1. The summed E-state index contributed by atoms with van der Waals surface area (Å²) in [5.41, 5.74) is 14.8. The van der Waals surface area contributed by atoms with Crippen LogP contribution in [0.4, 0.5) is 0 Å². The van der Waals surface area contributed by atoms with Crippen LogP contribution in [-0.4, -0.2) is 9.97 Å². The SMILES string of the molecule is [Au+].[Au+].[C-]#Cc1ccc2c(c1)-c1ccccc1C2.[C-]#Cc1ccc2c(c1)Cc1ccccc1-2.c1cncc(Cc2cccnc2)c1. The number of nitrogens with zero attached hydrogens (tertiary/aromatic N) is 2. The molecule has 0 bridgehead atoms. The Labute approximate surface area is 297 Å². The predicted molar refractivity (Wildman–Crippen MR) is 173 cm³/mol. The molecule has 2 aromatic heterocycles. The Kier molecular flexibility index (Phi) is 12.1. The largest absolute Gasteiger partial charge is 1.00 e. The second-order valence-corrected chi connectivity index (χ2v) is 10.6. The molecule has 8 rings (SSSR count). The van der Waals surface area contributed by atoms with Gasteiger partial charge in [-0.05, 0) is 75.0 Å². The Bertz CT molecular complexity index is 1930. The van der Waals surface area contributed by atoms with Crippen LogP contribution in [0.25, 0.3) is 22.3 Å². The zero-order chi connectivity index (χ0) is 29.4. The molecule has 224 valence electrons. The van der Waals surface area contributed by atoms with Gasteiger partial charge < -0.3 is 12.8 Å². The van der Waals surface area contributed by atoms with E-state index in [-0.39, 0.29) is 44.8 Å². The zero-order valence-electron chi connectivity index (χ0n) is 24.3. The molecule has 0 fully saturated rings. The van der Waals surface area contributed by atoms with Crippen molar-refractivity contribution < 1.29 is 44.8 Å². The number of rotatable bonds is 2. The first-order chi connectivity index (χ1) is 21.2. The van der Waals surface area contributed by atoms with E-state index in [1.807, 2.05) is 42.7 Å². The Balaban J connectivity index is 0.000000151. The molecule has 6 aromatic rings. The van der Waals surface area contributed by atoms with E-state index in [4.69, 9.17) is 12.8 Å². The van der Waals surface area contributed by atoms with Gasteiger partial charge in [0.15, 0.2) is 0 Å². The van der Waals surface area contributed by atoms with Gasteiger partial charge in [0.1, 0.15) is 0 Å². The molecule has 0 saturated carbocycles. The number of hydrogen-bond acceptors (Lipinski definition) is 2. The number of fused-ring (bicyclic) bond motifs is 6. The first-order valence-electron chi connectivity index (χ1n) is 14.3. The second-order valence-electron chi connectivity index (χ2n) is 10.6. The minimum Gasteiger partial charge on any atom is -0.366 e. The molecule has 2 nitrogen and oxygen atoms in total. The van der Waals surface area contributed by atoms with Crippen molar-refractivity contribution in [2.75, 3.05) is 0 Å². The normalized spacial score (nSPS) is 10.6. The summed E-state index contributed by atoms with van der Waals surface area (Å²) in [6.45, 7) is 0. The maximum absolute atomic E-state index is 7.14. The Morgan fingerprint density at radius 1 is 0.489 bits per heavy atom. The van der Waals surface area contributed by atoms with Gasteiger partial charge in [0.2, 0.25) is 0 Å². The van der Waals surface area contributed by atoms with Crippen LogP contribution >= 0.6 is 0 Å². The first kappa shape index (κ1) is 33.7. The van der Waals surface area contributed by atoms with E-state index in [1.54, 1.807) is 12.4 Å². The molecule has 0 atom stereocenters. The van der Waals surface area contributed by atoms with Gasteiger partial charge in [-0.1, -0.05) is 78.4 Å². The number of benzene rings is 4. The van der Waals surface area contributed by atoms with E-state index < -0.39 is 0 Å². The third kappa shape index (κ3) is 8.09. The quantitative estimate of drug-likeness (QED) is 0.0989. The van der Waals surface area contributed by atoms with Gasteiger partial charge in [-0.2, -0.15) is 0 Å². The van der Waals surface area contributed by atoms with Crippen LogP contribution in [0.3, 0.4) is 0 Å². The molecule has 2 aliphatic rings. The van der Waals surface area contributed by atoms with Crippen molar-refractivity contribution in [3.05, 3.63) is 191 Å². The molecular weight excluding hydrogens is 914 g/mol. The molecule has 0 spiro atoms. The summed E-state index contributed by atoms with van der Waals surface area (Å²) in [6, 6.07) is 37.2. The van der Waals surface area contributed by atoms with Gasteiger partial charge in [-0.15, -0.1) is 35.4 Å². The summed E-state index contributed by atoms with van der Waals surface area (Å²) in [4.78, 5) is 8.12. The molecule has 0 N–H and O–H groups in total. The summed E-state index contributed by atoms with van der Waals surface area (Å²) in [6.07, 6.45) is 24.5. The van der Waals surface area contributed by atoms with Gasteiger partial charge in [0.25, 0.3) is 0 Å². The van der Waals surface area contributed by atoms with Crippen molar-refractivity contribution in [1.29, 1.82) is 0 Å². The van der Waals surface area contributed by atoms with Crippen molar-refractivity contribution in [2.24, 2.45) is 0 Å². The van der Waals surface area contributed by atoms with Gasteiger partial charge in [-0.25, -0.2) is 0 Å². The Morgan fingerprint density at radius 2 is 0.978 bits per heavy atom. The van der Waals surface area contributed by atoms with Crippen molar-refractivity contribution in [1.82, 2.24) is 9.97 Å². The van der Waals surface area contributed by atoms with E-state index >= 15 is 0 Å². The summed E-state index contributed by atoms with van der Waals surface area (Å²) < 4.78 is 0. The molecule has 0 amide bonds. The fourth-order valence-corrected chi connectivity index (χ4v) is 5.67. The van der Waals surface area contributed by atoms with Crippen LogP contribution in [-0.2, 0) is 64.0 Å². The molecule has 4 heteroatoms. The number of pyridine rings is 2. The van der Waals surface area contributed by atoms with Gasteiger partial charge in [-0.3, -0.25) is 21.8 Å². The zero-order valence-corrected chi connectivity index (χ0v) is 28.7. The van der Waals surface area contributed by atoms with Gasteiger partial charge in [0, 0.05) is 31.2 Å². The van der Waals surface area contributed by atoms with E-state index in [2.05, 4.69) is 101 Å². The van der Waals surface area contributed by atoms with Crippen LogP contribution in [0.1, 0.15) is 44.5 Å². The van der Waals surface area contributed by atoms with Crippen LogP contribution in [0.2, 0.25) is 0 Å². The second kappa shape index (κ2) is 16.2. The topological polar surface area (TPSA) is 25.8 Å². The summed E-state index contributed by atoms with van der Waals surface area (Å²) >= 11 is 0. The van der Waals surface area contributed by atoms with E-state index in [9.17, 15) is 0 Å². The van der Waals surface area contributed by atoms with Crippen molar-refractivity contribution in [3.8, 4) is 34.1 Å². The Hall–Kier alpha value is -4.22. The molecule has 45 heavy (non-hydrogen) atoms. The summed E-state index contributed by atoms with van der Waals surface area (Å²) in [5.74, 6) is 4.87. The van der Waals surface area contributed by atoms with Gasteiger partial charge in [0.05, 0.1) is 0 Å². The average molecular weight is 943 g/mol. The molecule has 4 aromatic carbocycles. The molecule has 0 radical (unpaired) electrons. The summed E-state index contributed by atoms with van der Waals surface area (Å²) in [5, 5.41) is 0. The van der Waals surface area contributed by atoms with Crippen molar-refractivity contribution >= 4 is 0 Å². The number of hydrogen-bond donors (Lipinski definition) is 0. The molecular formula is C41H28Au2N2. The minimum atomic E-state index is 0. The van der Waals surface area contributed by atoms with Gasteiger partial charge >= 0.3 is 44.8 Å². The smallest absolute Gasteiger partial charge is 0.366 e. The van der Waals surface area contributed by atoms with Crippen LogP contribution < -0.4 is 0 Å². The van der Waals surface area contributed by atoms with Crippen LogP contribution in [0.5, 0.6) is 0 Å². The minimum absolute atomic E-state index is 0. The number of aromatic nitrogens is 2. The van der Waals surface area contributed by atoms with Crippen LogP contribution in [0, 0.1) is 24.7 Å². The van der Waals surface area contributed by atoms with E-state index in [0.29, 0.717) is 0 Å². The predicted octanol–water partition coefficient (Wildman–Crippen LogP) is 8.45. The van der Waals surface area contributed by atoms with Crippen molar-refractivity contribution in [3.63, 3.8) is 0 Å². The summed E-state index contributed by atoms with van der Waals surface area (Å²) in [7, 11) is 0. The third-order valence-electron chi connectivity index (χ3n) is 7.73. The van der Waals surface area contributed by atoms with Crippen molar-refractivity contribution in [2.45, 2.75) is 19.3 Å². The molecule has 0 aliphatic heterocycles. The van der Waals surface area contributed by atoms with E-state index in [0.717, 1.165) is 30.4 Å². The third-order valence-corrected chi connectivity index (χ3v) is 7.73. The maximum Gasteiger partial charge on any atom is 1.00 e. The van der Waals surface area contributed by atoms with E-state index in [1.165, 1.54) is 55.6 Å². The molecule has 2 heterocycles. The fraction of sp³-hybridized carbons (Fsp3) is 0.0732. The van der Waals surface area contributed by atoms with Crippen LogP contribution in [0.15, 0.2) is 134 Å². The Morgan fingerprint density at radius 3 is 1.56 bits per heavy atom.